The SMILES string of the molecule is CC(C)[C@@H]1CN(C(=O)c2ccc3cc[nH]c3c2)C[C@H]1N(C)C. The molecule has 2 atom stereocenters. The summed E-state index contributed by atoms with van der Waals surface area (Å²) in [5.74, 6) is 1.26. The van der Waals surface area contributed by atoms with E-state index in [-0.39, 0.29) is 5.91 Å². The summed E-state index contributed by atoms with van der Waals surface area (Å²) in [6, 6.07) is 8.38. The van der Waals surface area contributed by atoms with E-state index < -0.39 is 0 Å². The molecule has 3 rings (SSSR count). The highest BCUT2D eigenvalue weighted by molar-refractivity contribution is 5.98. The molecule has 0 saturated carbocycles. The van der Waals surface area contributed by atoms with Gasteiger partial charge >= 0.3 is 0 Å². The van der Waals surface area contributed by atoms with Gasteiger partial charge in [0.15, 0.2) is 0 Å². The number of H-pyrrole nitrogens is 1. The molecule has 1 aromatic heterocycles. The Labute approximate surface area is 132 Å². The van der Waals surface area contributed by atoms with Gasteiger partial charge in [-0.1, -0.05) is 19.9 Å². The van der Waals surface area contributed by atoms with Crippen molar-refractivity contribution in [2.45, 2.75) is 19.9 Å². The normalized spacial score (nSPS) is 22.2. The highest BCUT2D eigenvalue weighted by Crippen LogP contribution is 2.28. The quantitative estimate of drug-likeness (QED) is 0.946. The lowest BCUT2D eigenvalue weighted by Crippen LogP contribution is -2.37. The fourth-order valence-electron chi connectivity index (χ4n) is 3.54. The highest BCUT2D eigenvalue weighted by atomic mass is 16.2. The highest BCUT2D eigenvalue weighted by Gasteiger charge is 2.38. The van der Waals surface area contributed by atoms with Crippen molar-refractivity contribution in [3.8, 4) is 0 Å². The van der Waals surface area contributed by atoms with Gasteiger partial charge in [0, 0.05) is 36.4 Å². The third-order valence-corrected chi connectivity index (χ3v) is 4.94. The molecular weight excluding hydrogens is 274 g/mol. The fraction of sp³-hybridized carbons (Fsp3) is 0.500. The van der Waals surface area contributed by atoms with Crippen molar-refractivity contribution in [1.29, 1.82) is 0 Å². The van der Waals surface area contributed by atoms with E-state index in [1.165, 1.54) is 0 Å². The smallest absolute Gasteiger partial charge is 0.253 e. The molecule has 0 unspecified atom stereocenters. The van der Waals surface area contributed by atoms with Crippen LogP contribution in [0.25, 0.3) is 10.9 Å². The summed E-state index contributed by atoms with van der Waals surface area (Å²) in [5, 5.41) is 1.14. The van der Waals surface area contributed by atoms with Gasteiger partial charge in [-0.15, -0.1) is 0 Å². The number of aromatic amines is 1. The summed E-state index contributed by atoms with van der Waals surface area (Å²) in [4.78, 5) is 20.3. The van der Waals surface area contributed by atoms with E-state index in [4.69, 9.17) is 0 Å². The van der Waals surface area contributed by atoms with E-state index in [9.17, 15) is 4.79 Å². The summed E-state index contributed by atoms with van der Waals surface area (Å²) in [6.45, 7) is 6.17. The van der Waals surface area contributed by atoms with E-state index >= 15 is 0 Å². The minimum Gasteiger partial charge on any atom is -0.361 e. The van der Waals surface area contributed by atoms with Crippen molar-refractivity contribution in [3.05, 3.63) is 36.0 Å². The molecule has 4 heteroatoms. The van der Waals surface area contributed by atoms with E-state index in [0.29, 0.717) is 17.9 Å². The van der Waals surface area contributed by atoms with Crippen LogP contribution < -0.4 is 0 Å². The minimum atomic E-state index is 0.145. The van der Waals surface area contributed by atoms with Crippen LogP contribution in [0.4, 0.5) is 0 Å². The largest absolute Gasteiger partial charge is 0.361 e. The van der Waals surface area contributed by atoms with Crippen LogP contribution in [0.2, 0.25) is 0 Å². The summed E-state index contributed by atoms with van der Waals surface area (Å²) in [7, 11) is 4.22. The second-order valence-electron chi connectivity index (χ2n) is 6.93. The van der Waals surface area contributed by atoms with Gasteiger partial charge in [0.25, 0.3) is 5.91 Å². The fourth-order valence-corrected chi connectivity index (χ4v) is 3.54. The molecule has 4 nitrogen and oxygen atoms in total. The van der Waals surface area contributed by atoms with E-state index in [0.717, 1.165) is 29.6 Å². The topological polar surface area (TPSA) is 39.3 Å². The number of rotatable bonds is 3. The summed E-state index contributed by atoms with van der Waals surface area (Å²) in [5.41, 5.74) is 1.80. The number of nitrogens with zero attached hydrogens (tertiary/aromatic N) is 2. The van der Waals surface area contributed by atoms with Crippen LogP contribution in [-0.4, -0.2) is 53.9 Å². The van der Waals surface area contributed by atoms with Crippen LogP contribution in [0, 0.1) is 11.8 Å². The second-order valence-corrected chi connectivity index (χ2v) is 6.93. The molecule has 1 aliphatic heterocycles. The Bertz CT molecular complexity index is 658. The molecule has 2 heterocycles. The second kappa shape index (κ2) is 5.76. The van der Waals surface area contributed by atoms with Crippen LogP contribution in [0.5, 0.6) is 0 Å². The Hall–Kier alpha value is -1.81. The van der Waals surface area contributed by atoms with Gasteiger partial charge in [0.2, 0.25) is 0 Å². The Morgan fingerprint density at radius 2 is 2.05 bits per heavy atom. The van der Waals surface area contributed by atoms with Crippen LogP contribution in [0.1, 0.15) is 24.2 Å². The summed E-state index contributed by atoms with van der Waals surface area (Å²) in [6.07, 6.45) is 1.91. The van der Waals surface area contributed by atoms with Gasteiger partial charge in [-0.05, 0) is 49.5 Å². The summed E-state index contributed by atoms with van der Waals surface area (Å²) >= 11 is 0. The molecule has 1 aliphatic rings. The first kappa shape index (κ1) is 15.1. The maximum absolute atomic E-state index is 12.8. The molecule has 0 spiro atoms. The first-order valence-electron chi connectivity index (χ1n) is 8.00. The number of fused-ring (bicyclic) bond motifs is 1. The van der Waals surface area contributed by atoms with Crippen LogP contribution in [-0.2, 0) is 0 Å². The van der Waals surface area contributed by atoms with Gasteiger partial charge in [0.1, 0.15) is 0 Å². The zero-order chi connectivity index (χ0) is 15.9. The molecule has 0 bridgehead atoms. The number of aromatic nitrogens is 1. The predicted molar refractivity (Wildman–Crippen MR) is 90.0 cm³/mol. The van der Waals surface area contributed by atoms with Gasteiger partial charge < -0.3 is 14.8 Å². The van der Waals surface area contributed by atoms with Crippen molar-refractivity contribution in [1.82, 2.24) is 14.8 Å². The molecule has 0 radical (unpaired) electrons. The van der Waals surface area contributed by atoms with Gasteiger partial charge in [-0.2, -0.15) is 0 Å². The maximum Gasteiger partial charge on any atom is 0.253 e. The Balaban J connectivity index is 1.82. The van der Waals surface area contributed by atoms with Crippen molar-refractivity contribution in [2.24, 2.45) is 11.8 Å². The van der Waals surface area contributed by atoms with Gasteiger partial charge in [-0.3, -0.25) is 4.79 Å². The first-order chi connectivity index (χ1) is 10.5. The van der Waals surface area contributed by atoms with Crippen molar-refractivity contribution >= 4 is 16.8 Å². The molecule has 22 heavy (non-hydrogen) atoms. The molecule has 1 N–H and O–H groups in total. The van der Waals surface area contributed by atoms with E-state index in [1.807, 2.05) is 35.4 Å². The number of nitrogens with one attached hydrogen (secondary N) is 1. The van der Waals surface area contributed by atoms with Crippen LogP contribution in [0.15, 0.2) is 30.5 Å². The molecule has 2 aromatic rings. The lowest BCUT2D eigenvalue weighted by molar-refractivity contribution is 0.0780. The molecule has 0 aliphatic carbocycles. The van der Waals surface area contributed by atoms with Crippen LogP contribution >= 0.6 is 0 Å². The monoisotopic (exact) mass is 299 g/mol. The number of hydrogen-bond donors (Lipinski definition) is 1. The van der Waals surface area contributed by atoms with Gasteiger partial charge in [-0.25, -0.2) is 0 Å². The lowest BCUT2D eigenvalue weighted by Gasteiger charge is -2.27. The standard InChI is InChI=1S/C18H25N3O/c1-12(2)15-10-21(11-17(15)20(3)4)18(22)14-6-5-13-7-8-19-16(13)9-14/h5-9,12,15,17,19H,10-11H2,1-4H3/t15-,17+/m0/s1. The average Bonchev–Trinajstić information content (AvgIpc) is 3.12. The predicted octanol–water partition coefficient (Wildman–Crippen LogP) is 2.83. The molecule has 1 fully saturated rings. The Kier molecular flexibility index (Phi) is 3.96. The molecule has 1 aromatic carbocycles. The van der Waals surface area contributed by atoms with E-state index in [1.54, 1.807) is 0 Å². The number of likely N-dealkylation sites (tertiary alicyclic amines) is 1. The maximum atomic E-state index is 12.8. The third kappa shape index (κ3) is 2.63. The Morgan fingerprint density at radius 1 is 1.27 bits per heavy atom. The van der Waals surface area contributed by atoms with Gasteiger partial charge in [0.05, 0.1) is 0 Å². The van der Waals surface area contributed by atoms with Crippen molar-refractivity contribution < 1.29 is 4.79 Å². The average molecular weight is 299 g/mol. The molecule has 118 valence electrons. The molecule has 1 amide bonds. The number of hydrogen-bond acceptors (Lipinski definition) is 2. The molecule has 1 saturated heterocycles. The van der Waals surface area contributed by atoms with E-state index in [2.05, 4.69) is 37.8 Å². The number of carbonyl (C=O) groups is 1. The minimum absolute atomic E-state index is 0.145. The Morgan fingerprint density at radius 3 is 2.68 bits per heavy atom. The molecular formula is C18H25N3O. The third-order valence-electron chi connectivity index (χ3n) is 4.94. The number of amides is 1. The number of carbonyl (C=O) groups excluding carboxylic acids is 1. The zero-order valence-electron chi connectivity index (χ0n) is 13.8. The zero-order valence-corrected chi connectivity index (χ0v) is 13.8. The number of benzene rings is 1. The lowest BCUT2D eigenvalue weighted by atomic mass is 9.91. The van der Waals surface area contributed by atoms with Crippen LogP contribution in [0.3, 0.4) is 0 Å². The van der Waals surface area contributed by atoms with Crippen molar-refractivity contribution in [2.75, 3.05) is 27.2 Å². The first-order valence-corrected chi connectivity index (χ1v) is 8.00. The van der Waals surface area contributed by atoms with Crippen molar-refractivity contribution in [3.63, 3.8) is 0 Å². The number of likely N-dealkylation sites (N-methyl/N-ethyl adjacent to an activating group) is 1. The summed E-state index contributed by atoms with van der Waals surface area (Å²) < 4.78 is 0.